The van der Waals surface area contributed by atoms with Crippen molar-refractivity contribution < 1.29 is 10.2 Å². The van der Waals surface area contributed by atoms with Gasteiger partial charge in [-0.3, -0.25) is 0 Å². The minimum Gasteiger partial charge on any atom is -0.396 e. The third-order valence-corrected chi connectivity index (χ3v) is 5.05. The number of fused-ring (bicyclic) bond motifs is 2. The molecule has 0 aromatic heterocycles. The molecule has 0 aromatic carbocycles. The second-order valence-electron chi connectivity index (χ2n) is 6.64. The third-order valence-electron chi connectivity index (χ3n) is 5.05. The van der Waals surface area contributed by atoms with Gasteiger partial charge in [0, 0.05) is 18.0 Å². The maximum Gasteiger partial charge on any atom is 0.0518 e. The van der Waals surface area contributed by atoms with E-state index in [2.05, 4.69) is 12.2 Å². The highest BCUT2D eigenvalue weighted by molar-refractivity contribution is 4.94. The molecule has 2 rings (SSSR count). The summed E-state index contributed by atoms with van der Waals surface area (Å²) in [7, 11) is 0. The fourth-order valence-electron chi connectivity index (χ4n) is 3.63. The minimum atomic E-state index is -0.383. The van der Waals surface area contributed by atoms with Gasteiger partial charge in [-0.25, -0.2) is 0 Å². The van der Waals surface area contributed by atoms with Crippen LogP contribution in [-0.4, -0.2) is 36.0 Å². The predicted octanol–water partition coefficient (Wildman–Crippen LogP) is 1.39. The van der Waals surface area contributed by atoms with Crippen LogP contribution in [0.2, 0.25) is 0 Å². The first kappa shape index (κ1) is 13.3. The summed E-state index contributed by atoms with van der Waals surface area (Å²) in [6, 6.07) is 0.516. The Morgan fingerprint density at radius 2 is 1.94 bits per heavy atom. The lowest BCUT2D eigenvalue weighted by Gasteiger charge is -2.32. The molecule has 2 aliphatic rings. The van der Waals surface area contributed by atoms with Crippen molar-refractivity contribution >= 4 is 0 Å². The summed E-state index contributed by atoms with van der Waals surface area (Å²) in [5.41, 5.74) is -0.383. The van der Waals surface area contributed by atoms with Crippen molar-refractivity contribution in [2.75, 3.05) is 19.8 Å². The van der Waals surface area contributed by atoms with E-state index in [1.807, 2.05) is 6.92 Å². The van der Waals surface area contributed by atoms with Gasteiger partial charge in [-0.2, -0.15) is 0 Å². The van der Waals surface area contributed by atoms with Gasteiger partial charge in [-0.1, -0.05) is 13.3 Å². The first-order valence-electron chi connectivity index (χ1n) is 7.03. The van der Waals surface area contributed by atoms with Crippen molar-refractivity contribution in [2.24, 2.45) is 23.2 Å². The highest BCUT2D eigenvalue weighted by Crippen LogP contribution is 2.49. The van der Waals surface area contributed by atoms with Crippen molar-refractivity contribution in [2.45, 2.75) is 45.6 Å². The summed E-state index contributed by atoms with van der Waals surface area (Å²) < 4.78 is 0. The molecule has 2 fully saturated rings. The predicted molar refractivity (Wildman–Crippen MR) is 68.7 cm³/mol. The molecule has 0 radical (unpaired) electrons. The standard InChI is InChI=1S/C14H27NO2/c1-10(15-7-14(2,8-16)9-17)13-6-11-3-4-12(13)5-11/h10-13,15-17H,3-9H2,1-2H3. The van der Waals surface area contributed by atoms with E-state index < -0.39 is 0 Å². The van der Waals surface area contributed by atoms with Crippen LogP contribution in [0.5, 0.6) is 0 Å². The van der Waals surface area contributed by atoms with E-state index in [0.29, 0.717) is 12.6 Å². The van der Waals surface area contributed by atoms with E-state index >= 15 is 0 Å². The summed E-state index contributed by atoms with van der Waals surface area (Å²) in [6.07, 6.45) is 5.68. The molecule has 17 heavy (non-hydrogen) atoms. The molecule has 3 heteroatoms. The normalized spacial score (nSPS) is 34.2. The Bertz CT molecular complexity index is 253. The molecular formula is C14H27NO2. The summed E-state index contributed by atoms with van der Waals surface area (Å²) in [4.78, 5) is 0. The first-order chi connectivity index (χ1) is 8.08. The monoisotopic (exact) mass is 241 g/mol. The van der Waals surface area contributed by atoms with Gasteiger partial charge in [0.1, 0.15) is 0 Å². The molecule has 2 bridgehead atoms. The van der Waals surface area contributed by atoms with E-state index in [0.717, 1.165) is 17.8 Å². The summed E-state index contributed by atoms with van der Waals surface area (Å²) in [5, 5.41) is 22.1. The van der Waals surface area contributed by atoms with Gasteiger partial charge >= 0.3 is 0 Å². The summed E-state index contributed by atoms with van der Waals surface area (Å²) in [6.45, 7) is 4.98. The van der Waals surface area contributed by atoms with Crippen LogP contribution in [-0.2, 0) is 0 Å². The SMILES string of the molecule is CC(NCC(C)(CO)CO)C1CC2CCC1C2. The zero-order valence-electron chi connectivity index (χ0n) is 11.2. The molecule has 3 nitrogen and oxygen atoms in total. The second-order valence-corrected chi connectivity index (χ2v) is 6.64. The maximum absolute atomic E-state index is 9.27. The van der Waals surface area contributed by atoms with Gasteiger partial charge in [0.15, 0.2) is 0 Å². The average Bonchev–Trinajstić information content (AvgIpc) is 2.97. The Labute approximate surface area is 105 Å². The number of aliphatic hydroxyl groups is 2. The highest BCUT2D eigenvalue weighted by Gasteiger charge is 2.41. The molecule has 2 aliphatic carbocycles. The van der Waals surface area contributed by atoms with E-state index in [4.69, 9.17) is 0 Å². The van der Waals surface area contributed by atoms with Crippen LogP contribution in [0.3, 0.4) is 0 Å². The van der Waals surface area contributed by atoms with E-state index in [9.17, 15) is 10.2 Å². The van der Waals surface area contributed by atoms with Gasteiger partial charge in [-0.05, 0) is 43.9 Å². The van der Waals surface area contributed by atoms with Gasteiger partial charge in [0.05, 0.1) is 13.2 Å². The van der Waals surface area contributed by atoms with Crippen molar-refractivity contribution in [1.82, 2.24) is 5.32 Å². The molecule has 0 aliphatic heterocycles. The molecule has 4 unspecified atom stereocenters. The number of rotatable bonds is 6. The Balaban J connectivity index is 1.79. The number of hydrogen-bond donors (Lipinski definition) is 3. The Morgan fingerprint density at radius 3 is 2.41 bits per heavy atom. The van der Waals surface area contributed by atoms with E-state index in [1.165, 1.54) is 25.7 Å². The molecule has 0 saturated heterocycles. The lowest BCUT2D eigenvalue weighted by atomic mass is 9.83. The first-order valence-corrected chi connectivity index (χ1v) is 7.03. The molecule has 0 amide bonds. The molecule has 3 N–H and O–H groups in total. The average molecular weight is 241 g/mol. The molecule has 100 valence electrons. The number of nitrogens with one attached hydrogen (secondary N) is 1. The van der Waals surface area contributed by atoms with Crippen LogP contribution >= 0.6 is 0 Å². The lowest BCUT2D eigenvalue weighted by Crippen LogP contribution is -2.44. The van der Waals surface area contributed by atoms with Crippen LogP contribution in [0.25, 0.3) is 0 Å². The van der Waals surface area contributed by atoms with Gasteiger partial charge in [0.2, 0.25) is 0 Å². The Hall–Kier alpha value is -0.120. The van der Waals surface area contributed by atoms with E-state index in [-0.39, 0.29) is 18.6 Å². The molecule has 2 saturated carbocycles. The quantitative estimate of drug-likeness (QED) is 0.659. The van der Waals surface area contributed by atoms with Crippen LogP contribution in [0.15, 0.2) is 0 Å². The molecule has 0 spiro atoms. The van der Waals surface area contributed by atoms with Gasteiger partial charge in [0.25, 0.3) is 0 Å². The Morgan fingerprint density at radius 1 is 1.24 bits per heavy atom. The fourth-order valence-corrected chi connectivity index (χ4v) is 3.63. The number of aliphatic hydroxyl groups excluding tert-OH is 2. The molecule has 0 aromatic rings. The smallest absolute Gasteiger partial charge is 0.0518 e. The third kappa shape index (κ3) is 2.83. The molecule has 0 heterocycles. The highest BCUT2D eigenvalue weighted by atomic mass is 16.3. The molecule has 4 atom stereocenters. The zero-order valence-corrected chi connectivity index (χ0v) is 11.2. The topological polar surface area (TPSA) is 52.5 Å². The second kappa shape index (κ2) is 5.25. The lowest BCUT2D eigenvalue weighted by molar-refractivity contribution is 0.0643. The van der Waals surface area contributed by atoms with Crippen molar-refractivity contribution in [1.29, 1.82) is 0 Å². The van der Waals surface area contributed by atoms with Crippen LogP contribution < -0.4 is 5.32 Å². The van der Waals surface area contributed by atoms with Gasteiger partial charge in [-0.15, -0.1) is 0 Å². The van der Waals surface area contributed by atoms with Crippen LogP contribution in [0.1, 0.15) is 39.5 Å². The maximum atomic E-state index is 9.27. The van der Waals surface area contributed by atoms with Crippen LogP contribution in [0, 0.1) is 23.2 Å². The minimum absolute atomic E-state index is 0.0416. The summed E-state index contributed by atoms with van der Waals surface area (Å²) >= 11 is 0. The zero-order chi connectivity index (χ0) is 12.5. The molecular weight excluding hydrogens is 214 g/mol. The van der Waals surface area contributed by atoms with Crippen molar-refractivity contribution in [3.8, 4) is 0 Å². The number of hydrogen-bond acceptors (Lipinski definition) is 3. The van der Waals surface area contributed by atoms with Gasteiger partial charge < -0.3 is 15.5 Å². The largest absolute Gasteiger partial charge is 0.396 e. The van der Waals surface area contributed by atoms with Crippen molar-refractivity contribution in [3.63, 3.8) is 0 Å². The summed E-state index contributed by atoms with van der Waals surface area (Å²) in [5.74, 6) is 2.73. The fraction of sp³-hybridized carbons (Fsp3) is 1.00. The Kier molecular flexibility index (Phi) is 4.11. The van der Waals surface area contributed by atoms with Crippen LogP contribution in [0.4, 0.5) is 0 Å². The van der Waals surface area contributed by atoms with E-state index in [1.54, 1.807) is 0 Å². The van der Waals surface area contributed by atoms with Crippen molar-refractivity contribution in [3.05, 3.63) is 0 Å².